The highest BCUT2D eigenvalue weighted by Crippen LogP contribution is 2.36. The Labute approximate surface area is 247 Å². The number of Topliss-reactive ketones (excluding diaryl/α,β-unsaturated/α-hetero) is 1. The highest BCUT2D eigenvalue weighted by Gasteiger charge is 2.33. The van der Waals surface area contributed by atoms with Gasteiger partial charge in [0.25, 0.3) is 0 Å². The third kappa shape index (κ3) is 8.99. The number of rotatable bonds is 18. The number of para-hydroxylation sites is 2. The molecule has 0 bridgehead atoms. The molecule has 0 aliphatic carbocycles. The van der Waals surface area contributed by atoms with Crippen LogP contribution < -0.4 is 9.47 Å². The summed E-state index contributed by atoms with van der Waals surface area (Å²) in [7, 11) is 3.12. The molecule has 0 heterocycles. The lowest BCUT2D eigenvalue weighted by Crippen LogP contribution is -2.28. The van der Waals surface area contributed by atoms with Crippen LogP contribution in [0.2, 0.25) is 0 Å². The summed E-state index contributed by atoms with van der Waals surface area (Å²) < 4.78 is 34.4. The molecule has 7 nitrogen and oxygen atoms in total. The van der Waals surface area contributed by atoms with Crippen molar-refractivity contribution in [2.24, 2.45) is 0 Å². The molecule has 42 heavy (non-hydrogen) atoms. The molecular weight excluding hydrogens is 532 g/mol. The molecule has 0 fully saturated rings. The smallest absolute Gasteiger partial charge is 0.188 e. The number of hydrogen-bond donors (Lipinski definition) is 0. The first-order valence-corrected chi connectivity index (χ1v) is 13.9. The maximum Gasteiger partial charge on any atom is 0.188 e. The van der Waals surface area contributed by atoms with Gasteiger partial charge in [-0.25, -0.2) is 0 Å². The average Bonchev–Trinajstić information content (AvgIpc) is 3.04. The van der Waals surface area contributed by atoms with Crippen molar-refractivity contribution in [3.05, 3.63) is 131 Å². The van der Waals surface area contributed by atoms with Gasteiger partial charge in [-0.05, 0) is 23.3 Å². The van der Waals surface area contributed by atoms with E-state index in [0.29, 0.717) is 24.7 Å². The first-order chi connectivity index (χ1) is 20.7. The van der Waals surface area contributed by atoms with Crippen molar-refractivity contribution in [3.8, 4) is 11.5 Å². The minimum Gasteiger partial charge on any atom is -0.467 e. The van der Waals surface area contributed by atoms with Crippen LogP contribution in [-0.2, 0) is 37.0 Å². The molecule has 0 aliphatic heterocycles. The Morgan fingerprint density at radius 3 is 1.33 bits per heavy atom. The zero-order valence-corrected chi connectivity index (χ0v) is 24.1. The minimum atomic E-state index is -0.650. The van der Waals surface area contributed by atoms with Crippen molar-refractivity contribution < 1.29 is 33.2 Å². The van der Waals surface area contributed by atoms with Gasteiger partial charge in [-0.2, -0.15) is 0 Å². The predicted octanol–water partition coefficient (Wildman–Crippen LogP) is 6.52. The van der Waals surface area contributed by atoms with Crippen LogP contribution in [0.15, 0.2) is 109 Å². The maximum atomic E-state index is 14.6. The summed E-state index contributed by atoms with van der Waals surface area (Å²) in [4.78, 5) is 14.6. The molecular formula is C35H38O7. The van der Waals surface area contributed by atoms with E-state index < -0.39 is 11.8 Å². The third-order valence-electron chi connectivity index (χ3n) is 6.73. The summed E-state index contributed by atoms with van der Waals surface area (Å²) in [5, 5.41) is 0. The number of ether oxygens (including phenoxy) is 6. The zero-order chi connectivity index (χ0) is 29.4. The Hall–Kier alpha value is -4.01. The topological polar surface area (TPSA) is 72.5 Å². The molecule has 0 saturated carbocycles. The second-order valence-corrected chi connectivity index (χ2v) is 9.69. The summed E-state index contributed by atoms with van der Waals surface area (Å²) >= 11 is 0. The van der Waals surface area contributed by atoms with Gasteiger partial charge in [0.15, 0.2) is 19.4 Å². The van der Waals surface area contributed by atoms with Crippen LogP contribution in [0.5, 0.6) is 11.5 Å². The minimum absolute atomic E-state index is 0.0557. The lowest BCUT2D eigenvalue weighted by atomic mass is 9.83. The second-order valence-electron chi connectivity index (χ2n) is 9.69. The van der Waals surface area contributed by atoms with Gasteiger partial charge < -0.3 is 28.4 Å². The number of methoxy groups -OCH3 is 2. The molecule has 2 atom stereocenters. The Bertz CT molecular complexity index is 1240. The molecule has 0 N–H and O–H groups in total. The van der Waals surface area contributed by atoms with E-state index in [4.69, 9.17) is 28.4 Å². The number of carbonyl (C=O) groups excluding carboxylic acids is 1. The molecule has 0 aliphatic rings. The number of ketones is 1. The SMILES string of the molecule is COCOc1ccccc1C(COCc1ccccc1)C(=O)C(COCc1ccccc1)c1ccccc1OCOC. The molecule has 0 radical (unpaired) electrons. The summed E-state index contributed by atoms with van der Waals surface area (Å²) in [6.07, 6.45) is 0. The van der Waals surface area contributed by atoms with E-state index in [9.17, 15) is 4.79 Å². The quantitative estimate of drug-likeness (QED) is 0.126. The van der Waals surface area contributed by atoms with Gasteiger partial charge in [-0.1, -0.05) is 97.1 Å². The van der Waals surface area contributed by atoms with Gasteiger partial charge in [0.05, 0.1) is 38.3 Å². The first-order valence-electron chi connectivity index (χ1n) is 13.9. The Balaban J connectivity index is 1.67. The van der Waals surface area contributed by atoms with Crippen molar-refractivity contribution in [1.29, 1.82) is 0 Å². The van der Waals surface area contributed by atoms with Gasteiger partial charge in [0.1, 0.15) is 11.5 Å². The molecule has 4 aromatic carbocycles. The van der Waals surface area contributed by atoms with Crippen LogP contribution >= 0.6 is 0 Å². The fourth-order valence-corrected chi connectivity index (χ4v) is 4.68. The van der Waals surface area contributed by atoms with E-state index in [-0.39, 0.29) is 32.6 Å². The largest absolute Gasteiger partial charge is 0.467 e. The lowest BCUT2D eigenvalue weighted by Gasteiger charge is -2.26. The van der Waals surface area contributed by atoms with Gasteiger partial charge in [0.2, 0.25) is 0 Å². The number of hydrogen-bond acceptors (Lipinski definition) is 7. The normalized spacial score (nSPS) is 12.4. The second kappa shape index (κ2) is 17.1. The van der Waals surface area contributed by atoms with E-state index in [2.05, 4.69) is 0 Å². The lowest BCUT2D eigenvalue weighted by molar-refractivity contribution is -0.125. The fourth-order valence-electron chi connectivity index (χ4n) is 4.68. The van der Waals surface area contributed by atoms with Crippen molar-refractivity contribution >= 4 is 5.78 Å². The molecule has 0 amide bonds. The van der Waals surface area contributed by atoms with Crippen LogP contribution in [0, 0.1) is 0 Å². The van der Waals surface area contributed by atoms with E-state index in [1.54, 1.807) is 14.2 Å². The highest BCUT2D eigenvalue weighted by molar-refractivity contribution is 5.93. The number of benzene rings is 4. The summed E-state index contributed by atoms with van der Waals surface area (Å²) in [5.41, 5.74) is 3.48. The molecule has 0 aromatic heterocycles. The van der Waals surface area contributed by atoms with Gasteiger partial charge in [-0.3, -0.25) is 4.79 Å². The predicted molar refractivity (Wildman–Crippen MR) is 161 cm³/mol. The van der Waals surface area contributed by atoms with E-state index in [1.807, 2.05) is 109 Å². The summed E-state index contributed by atoms with van der Waals surface area (Å²) in [6.45, 7) is 1.15. The molecule has 2 unspecified atom stereocenters. The summed E-state index contributed by atoms with van der Waals surface area (Å²) in [6, 6.07) is 34.8. The van der Waals surface area contributed by atoms with Gasteiger partial charge in [-0.15, -0.1) is 0 Å². The first kappa shape index (κ1) is 30.9. The van der Waals surface area contributed by atoms with E-state index >= 15 is 0 Å². The van der Waals surface area contributed by atoms with Crippen molar-refractivity contribution in [3.63, 3.8) is 0 Å². The molecule has 7 heteroatoms. The molecule has 0 spiro atoms. The highest BCUT2D eigenvalue weighted by atomic mass is 16.7. The van der Waals surface area contributed by atoms with Crippen molar-refractivity contribution in [2.75, 3.05) is 41.0 Å². The van der Waals surface area contributed by atoms with Gasteiger partial charge in [0, 0.05) is 25.3 Å². The van der Waals surface area contributed by atoms with E-state index in [1.165, 1.54) is 0 Å². The fraction of sp³-hybridized carbons (Fsp3) is 0.286. The van der Waals surface area contributed by atoms with Crippen LogP contribution in [0.4, 0.5) is 0 Å². The standard InChI is InChI=1S/C35H38O7/c1-37-25-41-33-19-11-9-17-29(33)31(23-39-21-27-13-5-3-6-14-27)35(36)32(24-40-22-28-15-7-4-8-16-28)30-18-10-12-20-34(30)42-26-38-2/h3-20,31-32H,21-26H2,1-2H3. The van der Waals surface area contributed by atoms with Crippen LogP contribution in [0.25, 0.3) is 0 Å². The Morgan fingerprint density at radius 1 is 0.548 bits per heavy atom. The van der Waals surface area contributed by atoms with Crippen LogP contribution in [-0.4, -0.2) is 46.8 Å². The monoisotopic (exact) mass is 570 g/mol. The summed E-state index contributed by atoms with van der Waals surface area (Å²) in [5.74, 6) is -0.244. The molecule has 0 saturated heterocycles. The third-order valence-corrected chi connectivity index (χ3v) is 6.73. The van der Waals surface area contributed by atoms with E-state index in [0.717, 1.165) is 22.3 Å². The zero-order valence-electron chi connectivity index (χ0n) is 24.1. The Morgan fingerprint density at radius 2 is 0.929 bits per heavy atom. The van der Waals surface area contributed by atoms with Crippen molar-refractivity contribution in [2.45, 2.75) is 25.0 Å². The van der Waals surface area contributed by atoms with Crippen molar-refractivity contribution in [1.82, 2.24) is 0 Å². The number of carbonyl (C=O) groups is 1. The molecule has 220 valence electrons. The van der Waals surface area contributed by atoms with Crippen LogP contribution in [0.3, 0.4) is 0 Å². The van der Waals surface area contributed by atoms with Crippen LogP contribution in [0.1, 0.15) is 34.1 Å². The maximum absolute atomic E-state index is 14.6. The molecule has 4 aromatic rings. The molecule has 4 rings (SSSR count). The van der Waals surface area contributed by atoms with Gasteiger partial charge >= 0.3 is 0 Å². The Kier molecular flexibility index (Phi) is 12.6. The average molecular weight is 571 g/mol.